The maximum atomic E-state index is 15.4. The van der Waals surface area contributed by atoms with Crippen molar-refractivity contribution in [1.82, 2.24) is 40.0 Å². The molecule has 2 atom stereocenters. The third-order valence-corrected chi connectivity index (χ3v) is 20.3. The van der Waals surface area contributed by atoms with Gasteiger partial charge in [0.25, 0.3) is 0 Å². The fourth-order valence-corrected chi connectivity index (χ4v) is 14.5. The molecular weight excluding hydrogens is 1300 g/mol. The molecule has 0 spiro atoms. The highest BCUT2D eigenvalue weighted by molar-refractivity contribution is 14.1. The van der Waals surface area contributed by atoms with Crippen LogP contribution in [0.5, 0.6) is 0 Å². The number of nitrogens with one attached hydrogen (secondary N) is 3. The summed E-state index contributed by atoms with van der Waals surface area (Å²) >= 11 is 1.52. The molecule has 9 rings (SSSR count). The minimum absolute atomic E-state index is 0.0143. The molecule has 492 valence electrons. The predicted octanol–water partition coefficient (Wildman–Crippen LogP) is 12.5. The molecule has 2 amide bonds. The standard InChI is InChI=1S/C28H36F2N4O4S.C18H26N4O2.C10H11F2IO2S.C8H18N2/c1-6-17-39(36,37)18-19-7-8-21(29)26(25(19)30)34-16-13-22-23(34)9-10-24(31-22)32(5)20-11-14-33(15-12-20)27(35)38-28(2,3)4;1-18(2,3)24-17(23)22-11-8-13(9-12-22)21(4)16-6-5-14-15(20-16)7-10-19-14;1-2-5-16(14,15)6-7-3-4-8(11)10(13)9(7)12;1-9-7-5-3-4-6-8(7)10-2/h7-10,13,16,20H,6,11-12,14-15,17-18H2,1-5H3;5-7,10,13,19H,8-9,11-12H2,1-4H3;3-4H,2,5-6H2,1H3;7-10H,3-6H2,1-2H3. The number of anilines is 2. The molecule has 3 fully saturated rings. The lowest BCUT2D eigenvalue weighted by Crippen LogP contribution is -2.47. The van der Waals surface area contributed by atoms with Gasteiger partial charge in [-0.25, -0.2) is 54.0 Å². The number of hydrogen-bond acceptors (Lipinski definition) is 14. The molecule has 89 heavy (non-hydrogen) atoms. The smallest absolute Gasteiger partial charge is 0.410 e. The van der Waals surface area contributed by atoms with Crippen molar-refractivity contribution in [1.29, 1.82) is 0 Å². The maximum absolute atomic E-state index is 15.4. The van der Waals surface area contributed by atoms with Crippen LogP contribution in [0.2, 0.25) is 0 Å². The molecule has 1 saturated carbocycles. The first kappa shape index (κ1) is 72.3. The zero-order chi connectivity index (χ0) is 65.6. The van der Waals surface area contributed by atoms with Gasteiger partial charge in [-0.1, -0.05) is 38.8 Å². The minimum Gasteiger partial charge on any atom is -0.444 e. The number of sulfone groups is 2. The highest BCUT2D eigenvalue weighted by Gasteiger charge is 2.32. The number of H-pyrrole nitrogens is 1. The quantitative estimate of drug-likeness (QED) is 0.0497. The molecule has 2 aliphatic heterocycles. The summed E-state index contributed by atoms with van der Waals surface area (Å²) in [4.78, 5) is 44.9. The van der Waals surface area contributed by atoms with Crippen LogP contribution in [0.15, 0.2) is 73.1 Å². The van der Waals surface area contributed by atoms with E-state index in [1.807, 2.05) is 66.9 Å². The normalized spacial score (nSPS) is 17.0. The number of piperidine rings is 2. The van der Waals surface area contributed by atoms with E-state index in [2.05, 4.69) is 52.6 Å². The van der Waals surface area contributed by atoms with Crippen molar-refractivity contribution in [2.24, 2.45) is 0 Å². The number of aromatic nitrogens is 4. The van der Waals surface area contributed by atoms with Gasteiger partial charge < -0.3 is 49.3 Å². The number of amides is 2. The Labute approximate surface area is 537 Å². The van der Waals surface area contributed by atoms with E-state index < -0.39 is 59.9 Å². The van der Waals surface area contributed by atoms with Gasteiger partial charge in [-0.05, 0) is 178 Å². The molecule has 2 saturated heterocycles. The average Bonchev–Trinajstić information content (AvgIpc) is 2.85. The van der Waals surface area contributed by atoms with Gasteiger partial charge in [-0.2, -0.15) is 0 Å². The summed E-state index contributed by atoms with van der Waals surface area (Å²) in [5.74, 6) is -2.37. The fraction of sp³-hybridized carbons (Fsp3) is 0.562. The van der Waals surface area contributed by atoms with E-state index in [0.29, 0.717) is 60.9 Å². The van der Waals surface area contributed by atoms with Gasteiger partial charge in [0.2, 0.25) is 0 Å². The van der Waals surface area contributed by atoms with Crippen molar-refractivity contribution in [3.05, 3.63) is 111 Å². The number of carbonyl (C=O) groups is 2. The Bertz CT molecular complexity index is 3530. The molecule has 3 N–H and O–H groups in total. The number of benzene rings is 2. The number of ether oxygens (including phenoxy) is 2. The SMILES string of the molecule is CCCS(=O)(=O)Cc1ccc(F)c(-n2ccc3nc(N(C)C4CCN(C(=O)OC(C)(C)C)CC4)ccc32)c1F.CCCS(=O)(=O)Cc1ccc(F)c(I)c1F.CN(c1ccc2[nH]ccc2n1)C1CCN(C(=O)OC(C)(C)C)CC1.CNC1CCCCC1NC. The molecular formula is C64H91F4IN10O8S2. The molecule has 4 aromatic heterocycles. The first-order chi connectivity index (χ1) is 41.9. The first-order valence-corrected chi connectivity index (χ1v) is 35.3. The Morgan fingerprint density at radius 3 is 1.54 bits per heavy atom. The van der Waals surface area contributed by atoms with Crippen LogP contribution in [0.3, 0.4) is 0 Å². The number of fused-ring (bicyclic) bond motifs is 2. The number of likely N-dealkylation sites (tertiary alicyclic amines) is 2. The summed E-state index contributed by atoms with van der Waals surface area (Å²) in [5.41, 5.74) is 1.72. The summed E-state index contributed by atoms with van der Waals surface area (Å²) in [6, 6.07) is 17.8. The van der Waals surface area contributed by atoms with Crippen LogP contribution in [0.25, 0.3) is 27.8 Å². The summed E-state index contributed by atoms with van der Waals surface area (Å²) in [7, 11) is 1.32. The van der Waals surface area contributed by atoms with Crippen LogP contribution in [0, 0.1) is 26.8 Å². The second-order valence-corrected chi connectivity index (χ2v) is 30.4. The summed E-state index contributed by atoms with van der Waals surface area (Å²) in [6.07, 6.45) is 12.6. The largest absolute Gasteiger partial charge is 0.444 e. The van der Waals surface area contributed by atoms with Gasteiger partial charge in [-0.3, -0.25) is 0 Å². The lowest BCUT2D eigenvalue weighted by atomic mass is 9.91. The van der Waals surface area contributed by atoms with E-state index in [0.717, 1.165) is 67.8 Å². The number of aromatic amines is 1. The van der Waals surface area contributed by atoms with Crippen molar-refractivity contribution in [3.63, 3.8) is 0 Å². The summed E-state index contributed by atoms with van der Waals surface area (Å²) in [6.45, 7) is 17.3. The van der Waals surface area contributed by atoms with E-state index in [-0.39, 0.29) is 55.9 Å². The van der Waals surface area contributed by atoms with Gasteiger partial charge in [0, 0.05) is 88.0 Å². The van der Waals surface area contributed by atoms with Crippen molar-refractivity contribution in [3.8, 4) is 5.69 Å². The average molecular weight is 1400 g/mol. The van der Waals surface area contributed by atoms with E-state index in [1.165, 1.54) is 71.2 Å². The Balaban J connectivity index is 0.000000213. The van der Waals surface area contributed by atoms with Crippen LogP contribution in [-0.4, -0.2) is 160 Å². The van der Waals surface area contributed by atoms with E-state index in [4.69, 9.17) is 19.4 Å². The number of halogens is 5. The van der Waals surface area contributed by atoms with E-state index in [9.17, 15) is 39.6 Å². The van der Waals surface area contributed by atoms with E-state index in [1.54, 1.807) is 41.8 Å². The monoisotopic (exact) mass is 1390 g/mol. The summed E-state index contributed by atoms with van der Waals surface area (Å²) < 4.78 is 116. The lowest BCUT2D eigenvalue weighted by Gasteiger charge is -2.37. The topological polar surface area (TPSA) is 204 Å². The third kappa shape index (κ3) is 20.6. The number of carbonyl (C=O) groups excluding carboxylic acids is 2. The Morgan fingerprint density at radius 2 is 1.08 bits per heavy atom. The second-order valence-electron chi connectivity index (χ2n) is 24.9. The van der Waals surface area contributed by atoms with Crippen molar-refractivity contribution in [2.75, 3.05) is 75.7 Å². The number of nitrogens with zero attached hydrogens (tertiary/aromatic N) is 7. The van der Waals surface area contributed by atoms with Gasteiger partial charge in [0.1, 0.15) is 46.0 Å². The van der Waals surface area contributed by atoms with Gasteiger partial charge in [0.05, 0.1) is 48.6 Å². The molecule has 2 unspecified atom stereocenters. The number of likely N-dealkylation sites (N-methyl/N-ethyl adjacent to an activating group) is 2. The molecule has 6 aromatic rings. The molecule has 6 heterocycles. The Morgan fingerprint density at radius 1 is 0.629 bits per heavy atom. The zero-order valence-corrected chi connectivity index (χ0v) is 57.4. The van der Waals surface area contributed by atoms with Crippen LogP contribution in [0.4, 0.5) is 38.8 Å². The number of pyridine rings is 2. The number of rotatable bonds is 15. The predicted molar refractivity (Wildman–Crippen MR) is 354 cm³/mol. The highest BCUT2D eigenvalue weighted by Crippen LogP contribution is 2.31. The maximum Gasteiger partial charge on any atom is 0.410 e. The minimum atomic E-state index is -3.51. The van der Waals surface area contributed by atoms with Crippen molar-refractivity contribution >= 4 is 88.2 Å². The van der Waals surface area contributed by atoms with Crippen LogP contribution in [0.1, 0.15) is 131 Å². The van der Waals surface area contributed by atoms with Crippen molar-refractivity contribution < 1.29 is 53.5 Å². The molecule has 3 aliphatic rings. The van der Waals surface area contributed by atoms with Gasteiger partial charge in [0.15, 0.2) is 25.5 Å². The Hall–Kier alpha value is -5.77. The highest BCUT2D eigenvalue weighted by atomic mass is 127. The lowest BCUT2D eigenvalue weighted by molar-refractivity contribution is 0.0195. The third-order valence-electron chi connectivity index (χ3n) is 15.8. The second kappa shape index (κ2) is 32.0. The fourth-order valence-electron chi connectivity index (χ4n) is 11.1. The molecule has 18 nitrogen and oxygen atoms in total. The van der Waals surface area contributed by atoms with E-state index >= 15 is 4.39 Å². The molecule has 2 aromatic carbocycles. The van der Waals surface area contributed by atoms with Gasteiger partial charge >= 0.3 is 12.2 Å². The molecule has 0 radical (unpaired) electrons. The van der Waals surface area contributed by atoms with Crippen LogP contribution in [-0.2, 0) is 40.7 Å². The van der Waals surface area contributed by atoms with Gasteiger partial charge in [-0.15, -0.1) is 0 Å². The first-order valence-electron chi connectivity index (χ1n) is 30.6. The van der Waals surface area contributed by atoms with Crippen LogP contribution < -0.4 is 20.4 Å². The Kier molecular flexibility index (Phi) is 26.0. The zero-order valence-electron chi connectivity index (χ0n) is 53.6. The molecule has 1 aliphatic carbocycles. The molecule has 0 bridgehead atoms. The van der Waals surface area contributed by atoms with Crippen molar-refractivity contribution in [2.45, 2.75) is 166 Å². The summed E-state index contributed by atoms with van der Waals surface area (Å²) in [5, 5.41) is 6.68. The number of hydrogen-bond donors (Lipinski definition) is 3. The van der Waals surface area contributed by atoms with Crippen LogP contribution >= 0.6 is 22.6 Å². The molecule has 25 heteroatoms.